The summed E-state index contributed by atoms with van der Waals surface area (Å²) in [5.41, 5.74) is 0.0607. The Labute approximate surface area is 86.8 Å². The van der Waals surface area contributed by atoms with E-state index in [1.807, 2.05) is 0 Å². The number of aliphatic hydroxyl groups is 1. The quantitative estimate of drug-likeness (QED) is 0.723. The summed E-state index contributed by atoms with van der Waals surface area (Å²) in [5, 5.41) is 13.1. The molecule has 0 aliphatic carbocycles. The van der Waals surface area contributed by atoms with Gasteiger partial charge in [0, 0.05) is 12.1 Å². The number of β-amino-alcohol motifs (C(OH)–C–C–N with tert-alkyl or cyclic N) is 1. The predicted octanol–water partition coefficient (Wildman–Crippen LogP) is 1.30. The third-order valence-electron chi connectivity index (χ3n) is 2.54. The molecule has 3 nitrogen and oxygen atoms in total. The number of hydrogen-bond donors (Lipinski definition) is 2. The van der Waals surface area contributed by atoms with Crippen molar-refractivity contribution in [3.63, 3.8) is 0 Å². The molecule has 3 unspecified atom stereocenters. The lowest BCUT2D eigenvalue weighted by Gasteiger charge is -2.25. The lowest BCUT2D eigenvalue weighted by Crippen LogP contribution is -2.44. The van der Waals surface area contributed by atoms with Crippen molar-refractivity contribution in [3.8, 4) is 0 Å². The van der Waals surface area contributed by atoms with Crippen molar-refractivity contribution in [2.24, 2.45) is 0 Å². The second-order valence-electron chi connectivity index (χ2n) is 5.26. The lowest BCUT2D eigenvalue weighted by molar-refractivity contribution is -0.0292. The minimum Gasteiger partial charge on any atom is -0.389 e. The Hall–Kier alpha value is -0.120. The molecule has 0 aromatic carbocycles. The van der Waals surface area contributed by atoms with Crippen molar-refractivity contribution < 1.29 is 9.84 Å². The number of aliphatic hydroxyl groups excluding tert-OH is 1. The largest absolute Gasteiger partial charge is 0.389 e. The van der Waals surface area contributed by atoms with Crippen LogP contribution < -0.4 is 5.32 Å². The molecule has 0 aromatic rings. The van der Waals surface area contributed by atoms with Gasteiger partial charge in [-0.2, -0.15) is 0 Å². The van der Waals surface area contributed by atoms with Crippen molar-refractivity contribution in [3.05, 3.63) is 0 Å². The van der Waals surface area contributed by atoms with Crippen molar-refractivity contribution in [2.75, 3.05) is 6.54 Å². The maximum atomic E-state index is 9.84. The number of rotatable bonds is 3. The molecule has 84 valence electrons. The van der Waals surface area contributed by atoms with Crippen molar-refractivity contribution in [2.45, 2.75) is 64.4 Å². The molecule has 0 bridgehead atoms. The smallest absolute Gasteiger partial charge is 0.0926 e. The van der Waals surface area contributed by atoms with Gasteiger partial charge in [0.05, 0.1) is 18.3 Å². The summed E-state index contributed by atoms with van der Waals surface area (Å²) < 4.78 is 5.60. The van der Waals surface area contributed by atoms with E-state index in [4.69, 9.17) is 4.74 Å². The van der Waals surface area contributed by atoms with Crippen molar-refractivity contribution >= 4 is 0 Å². The molecule has 1 heterocycles. The predicted molar refractivity (Wildman–Crippen MR) is 57.3 cm³/mol. The zero-order valence-corrected chi connectivity index (χ0v) is 9.71. The van der Waals surface area contributed by atoms with Gasteiger partial charge in [0.25, 0.3) is 0 Å². The highest BCUT2D eigenvalue weighted by Gasteiger charge is 2.28. The van der Waals surface area contributed by atoms with Crippen molar-refractivity contribution in [1.29, 1.82) is 0 Å². The summed E-state index contributed by atoms with van der Waals surface area (Å²) in [4.78, 5) is 0. The second-order valence-corrected chi connectivity index (χ2v) is 5.26. The molecule has 1 fully saturated rings. The van der Waals surface area contributed by atoms with E-state index >= 15 is 0 Å². The van der Waals surface area contributed by atoms with E-state index in [1.165, 1.54) is 0 Å². The number of nitrogens with one attached hydrogen (secondary N) is 1. The second kappa shape index (κ2) is 4.60. The third-order valence-corrected chi connectivity index (χ3v) is 2.54. The fourth-order valence-corrected chi connectivity index (χ4v) is 1.66. The summed E-state index contributed by atoms with van der Waals surface area (Å²) in [5.74, 6) is 0. The first-order chi connectivity index (χ1) is 6.38. The Morgan fingerprint density at radius 1 is 1.43 bits per heavy atom. The molecule has 1 rings (SSSR count). The van der Waals surface area contributed by atoms with Crippen LogP contribution in [-0.2, 0) is 4.74 Å². The van der Waals surface area contributed by atoms with E-state index in [2.05, 4.69) is 33.0 Å². The SMILES string of the molecule is CC1CCC(C(O)CNC(C)(C)C)O1. The molecule has 2 N–H and O–H groups in total. The van der Waals surface area contributed by atoms with Crippen LogP contribution >= 0.6 is 0 Å². The summed E-state index contributed by atoms with van der Waals surface area (Å²) >= 11 is 0. The fraction of sp³-hybridized carbons (Fsp3) is 1.00. The molecule has 0 spiro atoms. The standard InChI is InChI=1S/C11H23NO2/c1-8-5-6-10(14-8)9(13)7-12-11(2,3)4/h8-10,12-13H,5-7H2,1-4H3. The van der Waals surface area contributed by atoms with Crippen LogP contribution in [0.2, 0.25) is 0 Å². The third kappa shape index (κ3) is 3.95. The summed E-state index contributed by atoms with van der Waals surface area (Å²) in [6, 6.07) is 0. The van der Waals surface area contributed by atoms with Gasteiger partial charge in [-0.25, -0.2) is 0 Å². The molecule has 14 heavy (non-hydrogen) atoms. The van der Waals surface area contributed by atoms with Crippen LogP contribution in [0.15, 0.2) is 0 Å². The Balaban J connectivity index is 2.25. The highest BCUT2D eigenvalue weighted by Crippen LogP contribution is 2.21. The van der Waals surface area contributed by atoms with Gasteiger partial charge in [-0.05, 0) is 40.5 Å². The maximum Gasteiger partial charge on any atom is 0.0926 e. The molecule has 1 saturated heterocycles. The highest BCUT2D eigenvalue weighted by atomic mass is 16.5. The molecular formula is C11H23NO2. The lowest BCUT2D eigenvalue weighted by atomic mass is 10.1. The van der Waals surface area contributed by atoms with Gasteiger partial charge < -0.3 is 15.2 Å². The van der Waals surface area contributed by atoms with Crippen LogP contribution in [0.1, 0.15) is 40.5 Å². The average Bonchev–Trinajstić information content (AvgIpc) is 2.46. The minimum absolute atomic E-state index is 0.0276. The topological polar surface area (TPSA) is 41.5 Å². The molecule has 0 amide bonds. The van der Waals surface area contributed by atoms with Gasteiger partial charge in [-0.1, -0.05) is 0 Å². The van der Waals surface area contributed by atoms with Gasteiger partial charge in [0.15, 0.2) is 0 Å². The molecule has 3 atom stereocenters. The first kappa shape index (κ1) is 12.0. The highest BCUT2D eigenvalue weighted by molar-refractivity contribution is 4.81. The first-order valence-corrected chi connectivity index (χ1v) is 5.47. The molecular weight excluding hydrogens is 178 g/mol. The molecule has 0 radical (unpaired) electrons. The van der Waals surface area contributed by atoms with Crippen LogP contribution in [0.4, 0.5) is 0 Å². The van der Waals surface area contributed by atoms with Crippen LogP contribution in [0.25, 0.3) is 0 Å². The molecule has 1 aliphatic heterocycles. The Bertz CT molecular complexity index is 177. The first-order valence-electron chi connectivity index (χ1n) is 5.47. The average molecular weight is 201 g/mol. The van der Waals surface area contributed by atoms with Crippen molar-refractivity contribution in [1.82, 2.24) is 5.32 Å². The van der Waals surface area contributed by atoms with E-state index in [9.17, 15) is 5.11 Å². The van der Waals surface area contributed by atoms with Gasteiger partial charge in [-0.15, -0.1) is 0 Å². The minimum atomic E-state index is -0.376. The maximum absolute atomic E-state index is 9.84. The Kier molecular flexibility index (Phi) is 3.93. The van der Waals surface area contributed by atoms with E-state index in [0.29, 0.717) is 12.6 Å². The van der Waals surface area contributed by atoms with Gasteiger partial charge >= 0.3 is 0 Å². The van der Waals surface area contributed by atoms with E-state index in [0.717, 1.165) is 12.8 Å². The zero-order chi connectivity index (χ0) is 10.8. The Morgan fingerprint density at radius 2 is 2.07 bits per heavy atom. The Morgan fingerprint density at radius 3 is 2.50 bits per heavy atom. The van der Waals surface area contributed by atoms with Crippen LogP contribution in [0, 0.1) is 0 Å². The zero-order valence-electron chi connectivity index (χ0n) is 9.71. The molecule has 3 heteroatoms. The van der Waals surface area contributed by atoms with E-state index < -0.39 is 0 Å². The normalized spacial score (nSPS) is 30.6. The van der Waals surface area contributed by atoms with Crippen LogP contribution in [0.5, 0.6) is 0 Å². The fourth-order valence-electron chi connectivity index (χ4n) is 1.66. The summed E-state index contributed by atoms with van der Waals surface area (Å²) in [6.07, 6.45) is 2.01. The van der Waals surface area contributed by atoms with Gasteiger partial charge in [0.1, 0.15) is 0 Å². The molecule has 0 aromatic heterocycles. The number of hydrogen-bond acceptors (Lipinski definition) is 3. The van der Waals surface area contributed by atoms with E-state index in [-0.39, 0.29) is 17.7 Å². The molecule has 1 aliphatic rings. The van der Waals surface area contributed by atoms with Gasteiger partial charge in [0.2, 0.25) is 0 Å². The molecule has 0 saturated carbocycles. The van der Waals surface area contributed by atoms with Crippen LogP contribution in [0.3, 0.4) is 0 Å². The number of ether oxygens (including phenoxy) is 1. The summed E-state index contributed by atoms with van der Waals surface area (Å²) in [6.45, 7) is 8.96. The monoisotopic (exact) mass is 201 g/mol. The van der Waals surface area contributed by atoms with E-state index in [1.54, 1.807) is 0 Å². The van der Waals surface area contributed by atoms with Gasteiger partial charge in [-0.3, -0.25) is 0 Å². The summed E-state index contributed by atoms with van der Waals surface area (Å²) in [7, 11) is 0. The van der Waals surface area contributed by atoms with Crippen LogP contribution in [-0.4, -0.2) is 35.5 Å².